The van der Waals surface area contributed by atoms with E-state index >= 15 is 0 Å². The predicted molar refractivity (Wildman–Crippen MR) is 111 cm³/mol. The maximum Gasteiger partial charge on any atom is 0.416 e. The van der Waals surface area contributed by atoms with Gasteiger partial charge in [0, 0.05) is 31.4 Å². The molecule has 0 radical (unpaired) electrons. The van der Waals surface area contributed by atoms with Crippen LogP contribution >= 0.6 is 0 Å². The third-order valence-electron chi connectivity index (χ3n) is 6.08. The summed E-state index contributed by atoms with van der Waals surface area (Å²) in [6.45, 7) is 0.168. The summed E-state index contributed by atoms with van der Waals surface area (Å²) >= 11 is 0. The van der Waals surface area contributed by atoms with Gasteiger partial charge in [0.1, 0.15) is 5.82 Å². The van der Waals surface area contributed by atoms with Crippen LogP contribution in [0.15, 0.2) is 46.5 Å². The highest BCUT2D eigenvalue weighted by Crippen LogP contribution is 2.36. The standard InChI is InChI=1S/C21H19F4N3O4S/c22-18-11-14(21(23,24)25)3-6-19(18)27-7-9-28(10-8-27)33(31,32)15-4-1-13-2-5-16(17(13)12-15)20(29)26-30/h1,3-4,6,11-12,16H,2,5,7-10H2. The molecule has 7 nitrogen and oxygen atoms in total. The van der Waals surface area contributed by atoms with Crippen LogP contribution in [-0.4, -0.2) is 44.8 Å². The minimum atomic E-state index is -4.66. The van der Waals surface area contributed by atoms with Gasteiger partial charge in [-0.15, -0.1) is 4.91 Å². The topological polar surface area (TPSA) is 87.1 Å². The molecule has 2 aliphatic rings. The van der Waals surface area contributed by atoms with E-state index in [9.17, 15) is 35.7 Å². The van der Waals surface area contributed by atoms with Crippen LogP contribution in [0.2, 0.25) is 0 Å². The highest BCUT2D eigenvalue weighted by Gasteiger charge is 2.35. The van der Waals surface area contributed by atoms with E-state index in [1.54, 1.807) is 6.07 Å². The summed E-state index contributed by atoms with van der Waals surface area (Å²) < 4.78 is 80.1. The summed E-state index contributed by atoms with van der Waals surface area (Å²) in [6.07, 6.45) is -3.73. The van der Waals surface area contributed by atoms with Crippen LogP contribution in [-0.2, 0) is 27.4 Å². The lowest BCUT2D eigenvalue weighted by atomic mass is 10.0. The summed E-state index contributed by atoms with van der Waals surface area (Å²) in [7, 11) is -3.94. The molecule has 1 heterocycles. The lowest BCUT2D eigenvalue weighted by Crippen LogP contribution is -2.49. The van der Waals surface area contributed by atoms with Crippen LogP contribution in [0.3, 0.4) is 0 Å². The number of piperazine rings is 1. The van der Waals surface area contributed by atoms with E-state index in [0.29, 0.717) is 24.5 Å². The van der Waals surface area contributed by atoms with Gasteiger partial charge in [0.15, 0.2) is 0 Å². The summed E-state index contributed by atoms with van der Waals surface area (Å²) in [5.74, 6) is -2.62. The van der Waals surface area contributed by atoms with Crippen molar-refractivity contribution in [1.82, 2.24) is 4.31 Å². The molecule has 0 aromatic heterocycles. The number of benzene rings is 2. The van der Waals surface area contributed by atoms with Gasteiger partial charge >= 0.3 is 6.18 Å². The van der Waals surface area contributed by atoms with Gasteiger partial charge in [-0.2, -0.15) is 17.5 Å². The Bertz CT molecular complexity index is 1210. The fourth-order valence-electron chi connectivity index (χ4n) is 4.32. The van der Waals surface area contributed by atoms with Gasteiger partial charge in [-0.25, -0.2) is 12.8 Å². The Morgan fingerprint density at radius 2 is 1.73 bits per heavy atom. The number of amides is 1. The number of carbonyl (C=O) groups excluding carboxylic acids is 1. The second-order valence-corrected chi connectivity index (χ2v) is 9.87. The molecule has 33 heavy (non-hydrogen) atoms. The number of hydrogen-bond donors (Lipinski definition) is 0. The molecule has 1 saturated heterocycles. The molecular weight excluding hydrogens is 466 g/mol. The minimum absolute atomic E-state index is 0.00185. The van der Waals surface area contributed by atoms with Crippen LogP contribution < -0.4 is 4.90 Å². The van der Waals surface area contributed by atoms with Gasteiger partial charge in [0.05, 0.1) is 22.1 Å². The lowest BCUT2D eigenvalue weighted by molar-refractivity contribution is -0.137. The third-order valence-corrected chi connectivity index (χ3v) is 7.97. The number of carbonyl (C=O) groups is 1. The fourth-order valence-corrected chi connectivity index (χ4v) is 5.78. The molecule has 0 saturated carbocycles. The van der Waals surface area contributed by atoms with Gasteiger partial charge in [-0.3, -0.25) is 4.79 Å². The molecule has 176 valence electrons. The van der Waals surface area contributed by atoms with Crippen molar-refractivity contribution in [3.05, 3.63) is 63.8 Å². The number of halogens is 4. The molecule has 1 aliphatic carbocycles. The number of aryl methyl sites for hydroxylation is 1. The molecule has 1 amide bonds. The zero-order valence-electron chi connectivity index (χ0n) is 17.2. The SMILES string of the molecule is O=NC(=O)C1CCc2ccc(S(=O)(=O)N3CCN(c4ccc(C(F)(F)F)cc4F)CC3)cc21. The molecule has 2 aromatic rings. The average molecular weight is 485 g/mol. The Morgan fingerprint density at radius 1 is 1.03 bits per heavy atom. The minimum Gasteiger partial charge on any atom is -0.367 e. The molecule has 0 N–H and O–H groups in total. The Hall–Kier alpha value is -2.86. The van der Waals surface area contributed by atoms with Crippen molar-refractivity contribution in [1.29, 1.82) is 0 Å². The smallest absolute Gasteiger partial charge is 0.367 e. The van der Waals surface area contributed by atoms with Gasteiger partial charge in [0.2, 0.25) is 10.0 Å². The highest BCUT2D eigenvalue weighted by molar-refractivity contribution is 7.89. The molecule has 2 aromatic carbocycles. The van der Waals surface area contributed by atoms with Crippen molar-refractivity contribution in [2.75, 3.05) is 31.1 Å². The number of hydrogen-bond acceptors (Lipinski definition) is 5. The summed E-state index contributed by atoms with van der Waals surface area (Å²) in [5.41, 5.74) is 0.146. The van der Waals surface area contributed by atoms with Crippen LogP contribution in [0.25, 0.3) is 0 Å². The van der Waals surface area contributed by atoms with Gasteiger partial charge in [0.25, 0.3) is 5.91 Å². The van der Waals surface area contributed by atoms with Crippen LogP contribution in [0.4, 0.5) is 23.2 Å². The number of fused-ring (bicyclic) bond motifs is 1. The summed E-state index contributed by atoms with van der Waals surface area (Å²) in [4.78, 5) is 23.9. The number of rotatable bonds is 4. The Labute approximate surface area is 187 Å². The normalized spacial score (nSPS) is 19.4. The quantitative estimate of drug-likeness (QED) is 0.487. The van der Waals surface area contributed by atoms with Crippen LogP contribution in [0.1, 0.15) is 29.0 Å². The second kappa shape index (κ2) is 8.49. The van der Waals surface area contributed by atoms with Gasteiger partial charge in [-0.1, -0.05) is 6.07 Å². The molecule has 12 heteroatoms. The van der Waals surface area contributed by atoms with E-state index in [2.05, 4.69) is 5.18 Å². The maximum atomic E-state index is 14.3. The highest BCUT2D eigenvalue weighted by atomic mass is 32.2. The Kier molecular flexibility index (Phi) is 5.99. The monoisotopic (exact) mass is 485 g/mol. The Balaban J connectivity index is 1.50. The van der Waals surface area contributed by atoms with Crippen molar-refractivity contribution in [2.45, 2.75) is 29.8 Å². The average Bonchev–Trinajstić information content (AvgIpc) is 3.21. The number of alkyl halides is 3. The molecule has 0 spiro atoms. The van der Waals surface area contributed by atoms with E-state index in [1.165, 1.54) is 21.3 Å². The predicted octanol–water partition coefficient (Wildman–Crippen LogP) is 3.68. The van der Waals surface area contributed by atoms with Crippen molar-refractivity contribution in [2.24, 2.45) is 5.18 Å². The molecule has 1 atom stereocenters. The first-order valence-electron chi connectivity index (χ1n) is 10.1. The number of anilines is 1. The number of nitrogens with zero attached hydrogens (tertiary/aromatic N) is 3. The van der Waals surface area contributed by atoms with E-state index < -0.39 is 39.4 Å². The number of nitroso groups, excluding NO2 is 1. The van der Waals surface area contributed by atoms with Crippen molar-refractivity contribution in [3.8, 4) is 0 Å². The Morgan fingerprint density at radius 3 is 2.33 bits per heavy atom. The summed E-state index contributed by atoms with van der Waals surface area (Å²) in [6, 6.07) is 6.71. The third kappa shape index (κ3) is 4.36. The van der Waals surface area contributed by atoms with E-state index in [0.717, 1.165) is 17.7 Å². The first-order valence-corrected chi connectivity index (χ1v) is 11.6. The van der Waals surface area contributed by atoms with Crippen molar-refractivity contribution in [3.63, 3.8) is 0 Å². The summed E-state index contributed by atoms with van der Waals surface area (Å²) in [5, 5.41) is 2.47. The molecule has 1 fully saturated rings. The molecule has 1 aliphatic heterocycles. The molecule has 0 bridgehead atoms. The molecular formula is C21H19F4N3O4S. The van der Waals surface area contributed by atoms with E-state index in [4.69, 9.17) is 0 Å². The fraction of sp³-hybridized carbons (Fsp3) is 0.381. The largest absolute Gasteiger partial charge is 0.416 e. The van der Waals surface area contributed by atoms with Crippen LogP contribution in [0.5, 0.6) is 0 Å². The van der Waals surface area contributed by atoms with Crippen molar-refractivity contribution >= 4 is 21.6 Å². The maximum absolute atomic E-state index is 14.3. The van der Waals surface area contributed by atoms with E-state index in [-0.39, 0.29) is 36.8 Å². The van der Waals surface area contributed by atoms with Gasteiger partial charge < -0.3 is 4.90 Å². The van der Waals surface area contributed by atoms with Crippen molar-refractivity contribution < 1.29 is 30.8 Å². The van der Waals surface area contributed by atoms with E-state index in [1.807, 2.05) is 0 Å². The van der Waals surface area contributed by atoms with Gasteiger partial charge in [-0.05, 0) is 54.3 Å². The molecule has 4 rings (SSSR count). The second-order valence-electron chi connectivity index (χ2n) is 7.94. The zero-order chi connectivity index (χ0) is 24.0. The lowest BCUT2D eigenvalue weighted by Gasteiger charge is -2.35. The molecule has 1 unspecified atom stereocenters. The number of sulfonamides is 1. The zero-order valence-corrected chi connectivity index (χ0v) is 18.0. The van der Waals surface area contributed by atoms with Crippen LogP contribution in [0, 0.1) is 10.7 Å². The first kappa shape index (κ1) is 23.3. The first-order chi connectivity index (χ1) is 15.5.